The molecule has 0 N–H and O–H groups in total. The van der Waals surface area contributed by atoms with Gasteiger partial charge in [0.25, 0.3) is 0 Å². The van der Waals surface area contributed by atoms with Crippen molar-refractivity contribution in [2.45, 2.75) is 39.0 Å². The molecule has 1 aromatic rings. The Bertz CT molecular complexity index is 571. The van der Waals surface area contributed by atoms with E-state index in [1.807, 2.05) is 0 Å². The molecule has 1 saturated heterocycles. The summed E-state index contributed by atoms with van der Waals surface area (Å²) >= 11 is 0. The van der Waals surface area contributed by atoms with E-state index in [1.54, 1.807) is 45.0 Å². The second kappa shape index (κ2) is 5.13. The van der Waals surface area contributed by atoms with E-state index in [1.165, 1.54) is 11.8 Å². The van der Waals surface area contributed by atoms with Gasteiger partial charge in [-0.05, 0) is 39.3 Å². The Morgan fingerprint density at radius 2 is 1.90 bits per heavy atom. The molecule has 0 unspecified atom stereocenters. The maximum Gasteiger partial charge on any atom is 0.410 e. The zero-order valence-electron chi connectivity index (χ0n) is 12.8. The molecule has 2 rings (SSSR count). The van der Waals surface area contributed by atoms with Crippen molar-refractivity contribution >= 4 is 11.9 Å². The summed E-state index contributed by atoms with van der Waals surface area (Å²) in [6.45, 7) is 6.64. The largest absolute Gasteiger partial charge is 0.444 e. The normalized spacial score (nSPS) is 17.1. The molecule has 114 valence electrons. The lowest BCUT2D eigenvalue weighted by Crippen LogP contribution is -2.59. The summed E-state index contributed by atoms with van der Waals surface area (Å²) in [5, 5.41) is 0. The summed E-state index contributed by atoms with van der Waals surface area (Å²) in [4.78, 5) is 24.5. The van der Waals surface area contributed by atoms with Gasteiger partial charge in [-0.15, -0.1) is 0 Å². The fraction of sp³-hybridized carbons (Fsp3) is 0.500. The zero-order valence-corrected chi connectivity index (χ0v) is 12.8. The van der Waals surface area contributed by atoms with E-state index in [4.69, 9.17) is 4.74 Å². The first-order chi connectivity index (χ1) is 9.61. The van der Waals surface area contributed by atoms with Gasteiger partial charge in [-0.2, -0.15) is 0 Å². The van der Waals surface area contributed by atoms with Crippen molar-refractivity contribution in [3.8, 4) is 0 Å². The van der Waals surface area contributed by atoms with E-state index in [-0.39, 0.29) is 18.9 Å². The van der Waals surface area contributed by atoms with E-state index in [0.29, 0.717) is 11.1 Å². The third kappa shape index (κ3) is 3.40. The minimum Gasteiger partial charge on any atom is -0.444 e. The van der Waals surface area contributed by atoms with Crippen LogP contribution in [-0.2, 0) is 10.4 Å². The van der Waals surface area contributed by atoms with Crippen LogP contribution in [0.4, 0.5) is 9.18 Å². The fourth-order valence-electron chi connectivity index (χ4n) is 2.21. The highest BCUT2D eigenvalue weighted by atomic mass is 19.1. The fourth-order valence-corrected chi connectivity index (χ4v) is 2.21. The molecule has 0 atom stereocenters. The Hall–Kier alpha value is -1.91. The van der Waals surface area contributed by atoms with E-state index in [0.717, 1.165) is 0 Å². The first kappa shape index (κ1) is 15.5. The third-order valence-corrected chi connectivity index (χ3v) is 3.32. The monoisotopic (exact) mass is 293 g/mol. The minimum absolute atomic E-state index is 0.0523. The molecule has 0 radical (unpaired) electrons. The molecule has 1 aliphatic rings. The van der Waals surface area contributed by atoms with Gasteiger partial charge in [0.05, 0.1) is 13.1 Å². The highest BCUT2D eigenvalue weighted by Gasteiger charge is 2.48. The Kier molecular flexibility index (Phi) is 3.78. The smallest absolute Gasteiger partial charge is 0.410 e. The summed E-state index contributed by atoms with van der Waals surface area (Å²) < 4.78 is 20.0. The van der Waals surface area contributed by atoms with Crippen LogP contribution in [0, 0.1) is 0 Å². The summed E-state index contributed by atoms with van der Waals surface area (Å²) in [5.74, 6) is -0.108. The molecule has 1 fully saturated rings. The molecule has 0 saturated carbocycles. The van der Waals surface area contributed by atoms with Crippen LogP contribution in [0.5, 0.6) is 0 Å². The topological polar surface area (TPSA) is 46.6 Å². The molecule has 4 nitrogen and oxygen atoms in total. The highest BCUT2D eigenvalue weighted by Crippen LogP contribution is 2.37. The molecule has 0 spiro atoms. The molecule has 1 heterocycles. The van der Waals surface area contributed by atoms with Crippen LogP contribution in [-0.4, -0.2) is 35.5 Å². The van der Waals surface area contributed by atoms with Crippen LogP contribution in [0.25, 0.3) is 0 Å². The lowest BCUT2D eigenvalue weighted by atomic mass is 9.87. The van der Waals surface area contributed by atoms with Gasteiger partial charge >= 0.3 is 6.09 Å². The number of hydrogen-bond donors (Lipinski definition) is 0. The zero-order chi connectivity index (χ0) is 15.8. The summed E-state index contributed by atoms with van der Waals surface area (Å²) in [5.41, 5.74) is -1.31. The molecule has 1 amide bonds. The van der Waals surface area contributed by atoms with Crippen molar-refractivity contribution < 1.29 is 18.7 Å². The molecular weight excluding hydrogens is 273 g/mol. The van der Waals surface area contributed by atoms with Gasteiger partial charge in [-0.3, -0.25) is 4.79 Å². The molecule has 5 heteroatoms. The summed E-state index contributed by atoms with van der Waals surface area (Å²) in [6, 6.07) is 6.50. The van der Waals surface area contributed by atoms with Crippen LogP contribution in [0.3, 0.4) is 0 Å². The van der Waals surface area contributed by atoms with Gasteiger partial charge in [0.15, 0.2) is 11.5 Å². The van der Waals surface area contributed by atoms with Crippen molar-refractivity contribution in [2.24, 2.45) is 0 Å². The van der Waals surface area contributed by atoms with E-state index in [2.05, 4.69) is 0 Å². The number of alkyl halides is 1. The predicted molar refractivity (Wildman–Crippen MR) is 77.0 cm³/mol. The predicted octanol–water partition coefficient (Wildman–Crippen LogP) is 3.30. The number of nitrogens with zero attached hydrogens (tertiary/aromatic N) is 1. The number of halogens is 1. The van der Waals surface area contributed by atoms with Crippen LogP contribution >= 0.6 is 0 Å². The second-order valence-electron chi connectivity index (χ2n) is 6.44. The maximum atomic E-state index is 14.8. The van der Waals surface area contributed by atoms with Crippen LogP contribution in [0.1, 0.15) is 43.6 Å². The van der Waals surface area contributed by atoms with E-state index in [9.17, 15) is 14.0 Å². The molecule has 1 aliphatic heterocycles. The van der Waals surface area contributed by atoms with Gasteiger partial charge in [0, 0.05) is 5.56 Å². The molecule has 21 heavy (non-hydrogen) atoms. The minimum atomic E-state index is -1.61. The number of amides is 1. The second-order valence-corrected chi connectivity index (χ2v) is 6.44. The lowest BCUT2D eigenvalue weighted by molar-refractivity contribution is -0.0537. The van der Waals surface area contributed by atoms with Crippen LogP contribution in [0.2, 0.25) is 0 Å². The van der Waals surface area contributed by atoms with Gasteiger partial charge in [-0.1, -0.05) is 18.2 Å². The van der Waals surface area contributed by atoms with Gasteiger partial charge in [-0.25, -0.2) is 9.18 Å². The molecule has 0 aliphatic carbocycles. The van der Waals surface area contributed by atoms with Gasteiger partial charge in [0.2, 0.25) is 0 Å². The summed E-state index contributed by atoms with van der Waals surface area (Å²) in [7, 11) is 0. The number of ketones is 1. The average Bonchev–Trinajstić information content (AvgIpc) is 2.33. The Labute approximate surface area is 123 Å². The summed E-state index contributed by atoms with van der Waals surface area (Å²) in [6.07, 6.45) is -0.515. The number of carbonyl (C=O) groups is 2. The first-order valence-electron chi connectivity index (χ1n) is 6.89. The van der Waals surface area contributed by atoms with Crippen molar-refractivity contribution in [2.75, 3.05) is 13.1 Å². The highest BCUT2D eigenvalue weighted by molar-refractivity contribution is 5.94. The number of hydrogen-bond acceptors (Lipinski definition) is 3. The number of benzene rings is 1. The number of likely N-dealkylation sites (tertiary alicyclic amines) is 1. The van der Waals surface area contributed by atoms with E-state index < -0.39 is 17.4 Å². The van der Waals surface area contributed by atoms with Crippen LogP contribution in [0.15, 0.2) is 24.3 Å². The first-order valence-corrected chi connectivity index (χ1v) is 6.89. The average molecular weight is 293 g/mol. The molecule has 1 aromatic carbocycles. The number of ether oxygens (including phenoxy) is 1. The quantitative estimate of drug-likeness (QED) is 0.786. The number of rotatable bonds is 2. The molecule has 0 aromatic heterocycles. The Morgan fingerprint density at radius 3 is 2.43 bits per heavy atom. The SMILES string of the molecule is CC(=O)c1cccc(C2(F)CN(C(=O)OC(C)(C)C)C2)c1. The Morgan fingerprint density at radius 1 is 1.29 bits per heavy atom. The van der Waals surface area contributed by atoms with Gasteiger partial charge in [0.1, 0.15) is 5.60 Å². The van der Waals surface area contributed by atoms with Crippen molar-refractivity contribution in [3.05, 3.63) is 35.4 Å². The maximum absolute atomic E-state index is 14.8. The van der Waals surface area contributed by atoms with Crippen molar-refractivity contribution in [1.29, 1.82) is 0 Å². The van der Waals surface area contributed by atoms with E-state index >= 15 is 0 Å². The lowest BCUT2D eigenvalue weighted by Gasteiger charge is -2.44. The number of Topliss-reactive ketones (excluding diaryl/α,β-unsaturated/α-hetero) is 1. The van der Waals surface area contributed by atoms with Crippen LogP contribution < -0.4 is 0 Å². The Balaban J connectivity index is 2.06. The molecular formula is C16H20FNO3. The van der Waals surface area contributed by atoms with Crippen molar-refractivity contribution in [1.82, 2.24) is 4.90 Å². The van der Waals surface area contributed by atoms with Gasteiger partial charge < -0.3 is 9.64 Å². The van der Waals surface area contributed by atoms with Crippen molar-refractivity contribution in [3.63, 3.8) is 0 Å². The molecule has 0 bridgehead atoms. The third-order valence-electron chi connectivity index (χ3n) is 3.32. The number of carbonyl (C=O) groups excluding carboxylic acids is 2. The standard InChI is InChI=1S/C16H20FNO3/c1-11(19)12-6-5-7-13(8-12)16(17)9-18(10-16)14(20)21-15(2,3)4/h5-8H,9-10H2,1-4H3.